The van der Waals surface area contributed by atoms with Gasteiger partial charge < -0.3 is 19.4 Å². The van der Waals surface area contributed by atoms with E-state index >= 15 is 0 Å². The Morgan fingerprint density at radius 2 is 1.75 bits per heavy atom. The first-order chi connectivity index (χ1) is 21.4. The Kier molecular flexibility index (Phi) is 7.99. The van der Waals surface area contributed by atoms with Crippen LogP contribution in [0.25, 0.3) is 17.0 Å². The second-order valence-corrected chi connectivity index (χ2v) is 11.2. The van der Waals surface area contributed by atoms with Crippen LogP contribution in [0.15, 0.2) is 106 Å². The summed E-state index contributed by atoms with van der Waals surface area (Å²) in [6, 6.07) is 23.5. The van der Waals surface area contributed by atoms with Crippen molar-refractivity contribution in [1.82, 2.24) is 9.13 Å². The molecule has 2 aromatic heterocycles. The molecule has 0 aliphatic carbocycles. The highest BCUT2D eigenvalue weighted by molar-refractivity contribution is 7.07. The first-order valence-electron chi connectivity index (χ1n) is 14.1. The molecule has 0 radical (unpaired) electrons. The fourth-order valence-corrected chi connectivity index (χ4v) is 6.48. The number of carbonyl (C=O) groups excluding carboxylic acids is 2. The predicted molar refractivity (Wildman–Crippen MR) is 170 cm³/mol. The lowest BCUT2D eigenvalue weighted by molar-refractivity contribution is -0.143. The van der Waals surface area contributed by atoms with Crippen LogP contribution < -0.4 is 24.9 Å². The summed E-state index contributed by atoms with van der Waals surface area (Å²) >= 11 is 1.26. The van der Waals surface area contributed by atoms with E-state index in [0.717, 1.165) is 22.0 Å². The maximum Gasteiger partial charge on any atom is 0.325 e. The minimum absolute atomic E-state index is 0.0555. The lowest BCUT2D eigenvalue weighted by atomic mass is 9.95. The Morgan fingerprint density at radius 1 is 1.02 bits per heavy atom. The molecule has 1 amide bonds. The molecule has 222 valence electrons. The highest BCUT2D eigenvalue weighted by Crippen LogP contribution is 2.32. The molecule has 0 fully saturated rings. The largest absolute Gasteiger partial charge is 0.497 e. The van der Waals surface area contributed by atoms with Crippen LogP contribution in [-0.2, 0) is 20.9 Å². The molecule has 0 bridgehead atoms. The maximum atomic E-state index is 14.2. The Balaban J connectivity index is 1.49. The fourth-order valence-electron chi connectivity index (χ4n) is 5.44. The Hall–Kier alpha value is -5.22. The molecule has 44 heavy (non-hydrogen) atoms. The van der Waals surface area contributed by atoms with Gasteiger partial charge in [-0.3, -0.25) is 19.0 Å². The number of benzene rings is 3. The Morgan fingerprint density at radius 3 is 2.48 bits per heavy atom. The lowest BCUT2D eigenvalue weighted by Gasteiger charge is -2.25. The van der Waals surface area contributed by atoms with E-state index in [-0.39, 0.29) is 24.0 Å². The first kappa shape index (κ1) is 28.9. The van der Waals surface area contributed by atoms with E-state index in [0.29, 0.717) is 38.6 Å². The lowest BCUT2D eigenvalue weighted by Crippen LogP contribution is -2.40. The van der Waals surface area contributed by atoms with Crippen molar-refractivity contribution in [2.24, 2.45) is 4.99 Å². The van der Waals surface area contributed by atoms with Crippen molar-refractivity contribution in [2.75, 3.05) is 19.0 Å². The zero-order chi connectivity index (χ0) is 30.8. The molecule has 0 saturated heterocycles. The number of ether oxygens (including phenoxy) is 2. The highest BCUT2D eigenvalue weighted by atomic mass is 32.1. The van der Waals surface area contributed by atoms with E-state index in [1.54, 1.807) is 25.5 Å². The van der Waals surface area contributed by atoms with Crippen molar-refractivity contribution in [3.63, 3.8) is 0 Å². The van der Waals surface area contributed by atoms with Crippen molar-refractivity contribution < 1.29 is 19.1 Å². The minimum atomic E-state index is -0.715. The van der Waals surface area contributed by atoms with E-state index in [1.807, 2.05) is 95.7 Å². The Bertz CT molecular complexity index is 2090. The van der Waals surface area contributed by atoms with Crippen molar-refractivity contribution in [2.45, 2.75) is 26.4 Å². The summed E-state index contributed by atoms with van der Waals surface area (Å²) in [5.74, 6) is -0.0126. The van der Waals surface area contributed by atoms with Crippen LogP contribution in [0, 0.1) is 0 Å². The van der Waals surface area contributed by atoms with Crippen LogP contribution in [0.2, 0.25) is 0 Å². The highest BCUT2D eigenvalue weighted by Gasteiger charge is 2.32. The number of hydrogen-bond donors (Lipinski definition) is 1. The number of allylic oxidation sites excluding steroid dienone is 1. The number of aromatic nitrogens is 2. The molecule has 6 rings (SSSR count). The van der Waals surface area contributed by atoms with Crippen molar-refractivity contribution >= 4 is 45.9 Å². The third kappa shape index (κ3) is 5.47. The number of nitrogens with zero attached hydrogens (tertiary/aromatic N) is 3. The number of fused-ring (bicyclic) bond motifs is 2. The van der Waals surface area contributed by atoms with Gasteiger partial charge in [-0.25, -0.2) is 4.99 Å². The van der Waals surface area contributed by atoms with E-state index in [4.69, 9.17) is 14.5 Å². The molecule has 10 heteroatoms. The second-order valence-electron chi connectivity index (χ2n) is 10.2. The van der Waals surface area contributed by atoms with Gasteiger partial charge in [-0.2, -0.15) is 0 Å². The monoisotopic (exact) mass is 606 g/mol. The van der Waals surface area contributed by atoms with Gasteiger partial charge in [0.1, 0.15) is 12.3 Å². The quantitative estimate of drug-likeness (QED) is 0.264. The zero-order valence-electron chi connectivity index (χ0n) is 24.4. The third-order valence-electron chi connectivity index (χ3n) is 7.44. The van der Waals surface area contributed by atoms with Crippen LogP contribution in [-0.4, -0.2) is 34.7 Å². The van der Waals surface area contributed by atoms with E-state index < -0.39 is 6.04 Å². The predicted octanol–water partition coefficient (Wildman–Crippen LogP) is 4.40. The van der Waals surface area contributed by atoms with E-state index in [1.165, 1.54) is 11.3 Å². The summed E-state index contributed by atoms with van der Waals surface area (Å²) in [7, 11) is 1.59. The number of anilines is 1. The van der Waals surface area contributed by atoms with Gasteiger partial charge in [0.2, 0.25) is 0 Å². The normalized spacial score (nSPS) is 14.7. The zero-order valence-corrected chi connectivity index (χ0v) is 25.3. The molecule has 3 aromatic carbocycles. The molecule has 0 spiro atoms. The van der Waals surface area contributed by atoms with Crippen LogP contribution in [0.3, 0.4) is 0 Å². The summed E-state index contributed by atoms with van der Waals surface area (Å²) < 4.78 is 14.4. The molecule has 1 N–H and O–H groups in total. The third-order valence-corrected chi connectivity index (χ3v) is 8.42. The summed E-state index contributed by atoms with van der Waals surface area (Å²) in [6.45, 7) is 3.91. The standard InChI is InChI=1S/C34H30N4O5S/c1-4-43-29(39)20-37-19-23(26-12-8-9-13-27(26)37)18-28-33(41)38-31(22-14-16-25(42-3)17-15-22)30(21(2)35-34(38)44-28)32(40)36-24-10-6-5-7-11-24/h5-19,31H,4,20H2,1-3H3,(H,36,40). The summed E-state index contributed by atoms with van der Waals surface area (Å²) in [4.78, 5) is 45.5. The molecular formula is C34H30N4O5S. The van der Waals surface area contributed by atoms with Gasteiger partial charge in [0.05, 0.1) is 35.6 Å². The van der Waals surface area contributed by atoms with Gasteiger partial charge in [-0.05, 0) is 55.8 Å². The number of para-hydroxylation sites is 2. The molecule has 1 aliphatic rings. The molecule has 1 unspecified atom stereocenters. The molecule has 9 nitrogen and oxygen atoms in total. The minimum Gasteiger partial charge on any atom is -0.497 e. The maximum absolute atomic E-state index is 14.2. The first-order valence-corrected chi connectivity index (χ1v) is 15.0. The molecule has 3 heterocycles. The summed E-state index contributed by atoms with van der Waals surface area (Å²) in [5.41, 5.74) is 3.66. The number of amides is 1. The van der Waals surface area contributed by atoms with Gasteiger partial charge in [-0.15, -0.1) is 0 Å². The van der Waals surface area contributed by atoms with Crippen LogP contribution in [0.1, 0.15) is 31.0 Å². The van der Waals surface area contributed by atoms with Gasteiger partial charge >= 0.3 is 5.97 Å². The number of esters is 1. The second kappa shape index (κ2) is 12.2. The van der Waals surface area contributed by atoms with Gasteiger partial charge in [-0.1, -0.05) is 59.9 Å². The molecular weight excluding hydrogens is 576 g/mol. The summed E-state index contributed by atoms with van der Waals surface area (Å²) in [6.07, 6.45) is 3.67. The van der Waals surface area contributed by atoms with Crippen molar-refractivity contribution in [1.29, 1.82) is 0 Å². The van der Waals surface area contributed by atoms with Crippen LogP contribution in [0.5, 0.6) is 5.75 Å². The molecule has 1 aliphatic heterocycles. The van der Waals surface area contributed by atoms with Crippen LogP contribution in [0.4, 0.5) is 5.69 Å². The van der Waals surface area contributed by atoms with Gasteiger partial charge in [0.15, 0.2) is 4.80 Å². The van der Waals surface area contributed by atoms with Crippen molar-refractivity contribution in [3.05, 3.63) is 127 Å². The number of rotatable bonds is 8. The van der Waals surface area contributed by atoms with Gasteiger partial charge in [0, 0.05) is 28.4 Å². The van der Waals surface area contributed by atoms with Crippen LogP contribution >= 0.6 is 11.3 Å². The van der Waals surface area contributed by atoms with E-state index in [2.05, 4.69) is 5.32 Å². The molecule has 5 aromatic rings. The summed E-state index contributed by atoms with van der Waals surface area (Å²) in [5, 5.41) is 3.86. The van der Waals surface area contributed by atoms with Crippen molar-refractivity contribution in [3.8, 4) is 5.75 Å². The average molecular weight is 607 g/mol. The smallest absolute Gasteiger partial charge is 0.325 e. The average Bonchev–Trinajstić information content (AvgIpc) is 3.53. The molecule has 1 atom stereocenters. The number of carbonyl (C=O) groups is 2. The topological polar surface area (TPSA) is 104 Å². The van der Waals surface area contributed by atoms with E-state index in [9.17, 15) is 14.4 Å². The SMILES string of the molecule is CCOC(=O)Cn1cc(C=c2sc3n(c2=O)C(c2ccc(OC)cc2)C(C(=O)Nc2ccccc2)=C(C)N=3)c2ccccc21. The number of hydrogen-bond acceptors (Lipinski definition) is 7. The van der Waals surface area contributed by atoms with Gasteiger partial charge in [0.25, 0.3) is 11.5 Å². The molecule has 0 saturated carbocycles. The number of nitrogens with one attached hydrogen (secondary N) is 1. The Labute approximate surface area is 257 Å². The number of thiazole rings is 1. The fraction of sp³-hybridized carbons (Fsp3) is 0.176. The number of methoxy groups -OCH3 is 1.